The Balaban J connectivity index is 2.78. The fourth-order valence-electron chi connectivity index (χ4n) is 1.39. The second kappa shape index (κ2) is 5.19. The smallest absolute Gasteiger partial charge is 0.159 e. The van der Waals surface area contributed by atoms with E-state index in [4.69, 9.17) is 4.74 Å². The maximum Gasteiger partial charge on any atom is 0.159 e. The molecule has 0 bridgehead atoms. The van der Waals surface area contributed by atoms with Crippen LogP contribution >= 0.6 is 0 Å². The third kappa shape index (κ3) is 3.25. The lowest BCUT2D eigenvalue weighted by atomic mass is 10.1. The van der Waals surface area contributed by atoms with Gasteiger partial charge in [-0.2, -0.15) is 0 Å². The third-order valence-corrected chi connectivity index (χ3v) is 2.13. The zero-order valence-corrected chi connectivity index (χ0v) is 9.87. The van der Waals surface area contributed by atoms with Gasteiger partial charge in [-0.25, -0.2) is 9.97 Å². The summed E-state index contributed by atoms with van der Waals surface area (Å²) in [6.45, 7) is 7.37. The molecule has 0 radical (unpaired) electrons. The van der Waals surface area contributed by atoms with E-state index in [1.54, 1.807) is 0 Å². The van der Waals surface area contributed by atoms with Crippen LogP contribution in [0.4, 0.5) is 0 Å². The minimum Gasteiger partial charge on any atom is -0.368 e. The summed E-state index contributed by atoms with van der Waals surface area (Å²) >= 11 is 0. The molecule has 0 aliphatic rings. The van der Waals surface area contributed by atoms with E-state index in [-0.39, 0.29) is 0 Å². The average Bonchev–Trinajstić information content (AvgIpc) is 2.19. The molecule has 0 saturated heterocycles. The van der Waals surface area contributed by atoms with Crippen molar-refractivity contribution >= 4 is 0 Å². The van der Waals surface area contributed by atoms with Crippen LogP contribution in [-0.2, 0) is 16.9 Å². The molecule has 0 aliphatic carbocycles. The van der Waals surface area contributed by atoms with Gasteiger partial charge in [-0.05, 0) is 27.8 Å². The Kier molecular flexibility index (Phi) is 4.17. The molecular weight excluding hydrogens is 190 g/mol. The van der Waals surface area contributed by atoms with Crippen LogP contribution in [0.25, 0.3) is 0 Å². The van der Waals surface area contributed by atoms with Crippen molar-refractivity contribution in [3.63, 3.8) is 0 Å². The summed E-state index contributed by atoms with van der Waals surface area (Å²) in [5, 5.41) is 3.06. The van der Waals surface area contributed by atoms with Crippen LogP contribution in [0.15, 0.2) is 12.4 Å². The molecule has 0 atom stereocenters. The molecule has 0 saturated carbocycles. The van der Waals surface area contributed by atoms with E-state index in [2.05, 4.69) is 15.3 Å². The first-order valence-electron chi connectivity index (χ1n) is 5.20. The summed E-state index contributed by atoms with van der Waals surface area (Å²) in [4.78, 5) is 8.62. The Labute approximate surface area is 91.1 Å². The standard InChI is InChI=1S/C11H19N3O/c1-5-15-11(2,3)10-13-7-9(6-12-4)8-14-10/h7-8,12H,5-6H2,1-4H3. The molecule has 0 fully saturated rings. The largest absolute Gasteiger partial charge is 0.368 e. The van der Waals surface area contributed by atoms with Gasteiger partial charge in [0.15, 0.2) is 5.82 Å². The molecule has 1 aromatic heterocycles. The molecule has 84 valence electrons. The average molecular weight is 209 g/mol. The van der Waals surface area contributed by atoms with Crippen molar-refractivity contribution in [2.24, 2.45) is 0 Å². The van der Waals surface area contributed by atoms with Crippen molar-refractivity contribution in [3.05, 3.63) is 23.8 Å². The lowest BCUT2D eigenvalue weighted by Crippen LogP contribution is -2.24. The van der Waals surface area contributed by atoms with E-state index in [0.29, 0.717) is 6.61 Å². The number of hydrogen-bond acceptors (Lipinski definition) is 4. The molecule has 1 heterocycles. The van der Waals surface area contributed by atoms with Crippen molar-refractivity contribution in [1.82, 2.24) is 15.3 Å². The fraction of sp³-hybridized carbons (Fsp3) is 0.636. The number of nitrogens with one attached hydrogen (secondary N) is 1. The van der Waals surface area contributed by atoms with Crippen LogP contribution in [-0.4, -0.2) is 23.6 Å². The third-order valence-electron chi connectivity index (χ3n) is 2.13. The van der Waals surface area contributed by atoms with Gasteiger partial charge >= 0.3 is 0 Å². The molecule has 4 heteroatoms. The van der Waals surface area contributed by atoms with Gasteiger partial charge in [0.2, 0.25) is 0 Å². The van der Waals surface area contributed by atoms with Crippen LogP contribution in [0.3, 0.4) is 0 Å². The predicted octanol–water partition coefficient (Wildman–Crippen LogP) is 1.47. The van der Waals surface area contributed by atoms with Gasteiger partial charge in [0.05, 0.1) is 0 Å². The highest BCUT2D eigenvalue weighted by Gasteiger charge is 2.23. The minimum atomic E-state index is -0.410. The molecule has 0 unspecified atom stereocenters. The monoisotopic (exact) mass is 209 g/mol. The van der Waals surface area contributed by atoms with Crippen LogP contribution in [0, 0.1) is 0 Å². The van der Waals surface area contributed by atoms with E-state index in [9.17, 15) is 0 Å². The predicted molar refractivity (Wildman–Crippen MR) is 59.4 cm³/mol. The molecular formula is C11H19N3O. The highest BCUT2D eigenvalue weighted by atomic mass is 16.5. The van der Waals surface area contributed by atoms with E-state index < -0.39 is 5.60 Å². The molecule has 0 aliphatic heterocycles. The van der Waals surface area contributed by atoms with Gasteiger partial charge in [0.25, 0.3) is 0 Å². The molecule has 0 amide bonds. The first-order chi connectivity index (χ1) is 7.10. The summed E-state index contributed by atoms with van der Waals surface area (Å²) < 4.78 is 5.57. The molecule has 0 spiro atoms. The van der Waals surface area contributed by atoms with Gasteiger partial charge in [0, 0.05) is 31.1 Å². The Morgan fingerprint density at radius 3 is 2.40 bits per heavy atom. The zero-order valence-electron chi connectivity index (χ0n) is 9.87. The van der Waals surface area contributed by atoms with Crippen molar-refractivity contribution in [1.29, 1.82) is 0 Å². The maximum absolute atomic E-state index is 5.57. The van der Waals surface area contributed by atoms with E-state index >= 15 is 0 Å². The molecule has 0 aromatic carbocycles. The quantitative estimate of drug-likeness (QED) is 0.797. The Hall–Kier alpha value is -1.00. The SMILES string of the molecule is CCOC(C)(C)c1ncc(CNC)cn1. The first kappa shape index (κ1) is 12.1. The molecule has 1 aromatic rings. The molecule has 15 heavy (non-hydrogen) atoms. The van der Waals surface area contributed by atoms with E-state index in [0.717, 1.165) is 17.9 Å². The lowest BCUT2D eigenvalue weighted by molar-refractivity contribution is -0.0208. The first-order valence-corrected chi connectivity index (χ1v) is 5.20. The number of ether oxygens (including phenoxy) is 1. The fourth-order valence-corrected chi connectivity index (χ4v) is 1.39. The Morgan fingerprint density at radius 1 is 1.33 bits per heavy atom. The number of nitrogens with zero attached hydrogens (tertiary/aromatic N) is 2. The Morgan fingerprint density at radius 2 is 1.93 bits per heavy atom. The van der Waals surface area contributed by atoms with Crippen LogP contribution in [0.1, 0.15) is 32.2 Å². The summed E-state index contributed by atoms with van der Waals surface area (Å²) in [5.41, 5.74) is 0.668. The topological polar surface area (TPSA) is 47.0 Å². The summed E-state index contributed by atoms with van der Waals surface area (Å²) in [6.07, 6.45) is 3.67. The molecule has 4 nitrogen and oxygen atoms in total. The molecule has 1 rings (SSSR count). The number of hydrogen-bond donors (Lipinski definition) is 1. The zero-order chi connectivity index (χ0) is 11.3. The van der Waals surface area contributed by atoms with Crippen molar-refractivity contribution in [2.45, 2.75) is 32.9 Å². The summed E-state index contributed by atoms with van der Waals surface area (Å²) in [6, 6.07) is 0. The van der Waals surface area contributed by atoms with Gasteiger partial charge in [-0.1, -0.05) is 0 Å². The van der Waals surface area contributed by atoms with Crippen LogP contribution < -0.4 is 5.32 Å². The van der Waals surface area contributed by atoms with E-state index in [1.807, 2.05) is 40.2 Å². The van der Waals surface area contributed by atoms with Gasteiger partial charge in [0.1, 0.15) is 5.60 Å². The number of aromatic nitrogens is 2. The normalized spacial score (nSPS) is 11.7. The summed E-state index contributed by atoms with van der Waals surface area (Å²) in [5.74, 6) is 0.726. The molecule has 1 N–H and O–H groups in total. The summed E-state index contributed by atoms with van der Waals surface area (Å²) in [7, 11) is 1.90. The van der Waals surface area contributed by atoms with Crippen LogP contribution in [0.2, 0.25) is 0 Å². The maximum atomic E-state index is 5.57. The van der Waals surface area contributed by atoms with Crippen molar-refractivity contribution < 1.29 is 4.74 Å². The second-order valence-electron chi connectivity index (χ2n) is 3.89. The van der Waals surface area contributed by atoms with Crippen molar-refractivity contribution in [3.8, 4) is 0 Å². The Bertz CT molecular complexity index is 295. The van der Waals surface area contributed by atoms with Gasteiger partial charge in [-0.3, -0.25) is 0 Å². The van der Waals surface area contributed by atoms with Gasteiger partial charge in [-0.15, -0.1) is 0 Å². The lowest BCUT2D eigenvalue weighted by Gasteiger charge is -2.22. The minimum absolute atomic E-state index is 0.410. The van der Waals surface area contributed by atoms with Crippen LogP contribution in [0.5, 0.6) is 0 Å². The highest BCUT2D eigenvalue weighted by molar-refractivity contribution is 5.08. The second-order valence-corrected chi connectivity index (χ2v) is 3.89. The van der Waals surface area contributed by atoms with Crippen molar-refractivity contribution in [2.75, 3.05) is 13.7 Å². The number of rotatable bonds is 5. The highest BCUT2D eigenvalue weighted by Crippen LogP contribution is 2.20. The van der Waals surface area contributed by atoms with Gasteiger partial charge < -0.3 is 10.1 Å². The van der Waals surface area contributed by atoms with E-state index in [1.165, 1.54) is 0 Å².